The first kappa shape index (κ1) is 22.2. The van der Waals surface area contributed by atoms with Gasteiger partial charge in [0, 0.05) is 43.5 Å². The van der Waals surface area contributed by atoms with Gasteiger partial charge in [-0.15, -0.1) is 6.42 Å². The highest BCUT2D eigenvalue weighted by atomic mass is 16.5. The number of carbonyl (C=O) groups is 4. The van der Waals surface area contributed by atoms with Gasteiger partial charge in [0.1, 0.15) is 6.04 Å². The topological polar surface area (TPSA) is 142 Å². The summed E-state index contributed by atoms with van der Waals surface area (Å²) in [6, 6.07) is 1.50. The van der Waals surface area contributed by atoms with Crippen molar-refractivity contribution in [1.82, 2.24) is 25.9 Å². The van der Waals surface area contributed by atoms with Crippen LogP contribution in [0.15, 0.2) is 24.7 Å². The molecule has 0 aliphatic rings. The lowest BCUT2D eigenvalue weighted by Crippen LogP contribution is -2.43. The summed E-state index contributed by atoms with van der Waals surface area (Å²) in [6.07, 6.45) is 8.55. The van der Waals surface area contributed by atoms with Gasteiger partial charge < -0.3 is 25.7 Å². The molecule has 1 aromatic carbocycles. The number of nitrogens with zero attached hydrogens (tertiary/aromatic N) is 1. The molecule has 0 aliphatic heterocycles. The minimum Gasteiger partial charge on any atom is -0.467 e. The maximum absolute atomic E-state index is 12.9. The molecule has 30 heavy (non-hydrogen) atoms. The van der Waals surface area contributed by atoms with Gasteiger partial charge in [0.2, 0.25) is 0 Å². The summed E-state index contributed by atoms with van der Waals surface area (Å²) in [6.45, 7) is 0. The lowest BCUT2D eigenvalue weighted by molar-refractivity contribution is -0.142. The van der Waals surface area contributed by atoms with Crippen LogP contribution in [0.4, 0.5) is 0 Å². The number of terminal acetylenes is 1. The summed E-state index contributed by atoms with van der Waals surface area (Å²) < 4.78 is 4.75. The quantitative estimate of drug-likeness (QED) is 0.362. The van der Waals surface area contributed by atoms with E-state index in [1.54, 1.807) is 0 Å². The highest BCUT2D eigenvalue weighted by Crippen LogP contribution is 2.18. The van der Waals surface area contributed by atoms with Crippen molar-refractivity contribution in [2.24, 2.45) is 0 Å². The van der Waals surface area contributed by atoms with Crippen LogP contribution >= 0.6 is 0 Å². The molecule has 10 nitrogen and oxygen atoms in total. The number of aromatic amines is 1. The molecule has 10 heteroatoms. The minimum atomic E-state index is -1.03. The van der Waals surface area contributed by atoms with Crippen molar-refractivity contribution in [1.29, 1.82) is 0 Å². The third kappa shape index (κ3) is 4.82. The van der Waals surface area contributed by atoms with E-state index >= 15 is 0 Å². The van der Waals surface area contributed by atoms with E-state index in [1.165, 1.54) is 45.9 Å². The number of ether oxygens (including phenoxy) is 1. The first-order chi connectivity index (χ1) is 14.4. The van der Waals surface area contributed by atoms with Gasteiger partial charge in [-0.2, -0.15) is 0 Å². The van der Waals surface area contributed by atoms with E-state index in [-0.39, 0.29) is 28.7 Å². The largest absolute Gasteiger partial charge is 0.467 e. The molecule has 0 aliphatic carbocycles. The zero-order valence-corrected chi connectivity index (χ0v) is 16.7. The van der Waals surface area contributed by atoms with E-state index in [0.29, 0.717) is 5.69 Å². The van der Waals surface area contributed by atoms with Crippen LogP contribution in [0.2, 0.25) is 0 Å². The van der Waals surface area contributed by atoms with Crippen molar-refractivity contribution < 1.29 is 23.9 Å². The number of methoxy groups -OCH3 is 1. The number of imidazole rings is 1. The van der Waals surface area contributed by atoms with E-state index in [4.69, 9.17) is 11.2 Å². The average molecular weight is 411 g/mol. The predicted molar refractivity (Wildman–Crippen MR) is 107 cm³/mol. The monoisotopic (exact) mass is 411 g/mol. The number of aromatic nitrogens is 2. The maximum atomic E-state index is 12.9. The standard InChI is InChI=1S/C20H21N5O5/c1-5-13-14(18(27)21-2)6-11(7-15(13)19(28)22-3)17(26)25-16(20(29)30-4)8-12-9-23-10-24-12/h1,6-7,9-10,16H,8H2,2-4H3,(H,21,27)(H,22,28)(H,23,24)(H,25,26)/t16-/m1/s1. The molecule has 4 N–H and O–H groups in total. The number of amides is 3. The van der Waals surface area contributed by atoms with Crippen LogP contribution in [-0.2, 0) is 16.0 Å². The second kappa shape index (κ2) is 9.88. The molecule has 0 unspecified atom stereocenters. The molecule has 2 aromatic rings. The van der Waals surface area contributed by atoms with Crippen molar-refractivity contribution in [2.45, 2.75) is 12.5 Å². The van der Waals surface area contributed by atoms with Gasteiger partial charge in [0.25, 0.3) is 17.7 Å². The Hall–Kier alpha value is -4.13. The molecule has 156 valence electrons. The lowest BCUT2D eigenvalue weighted by atomic mass is 9.96. The molecule has 1 atom stereocenters. The van der Waals surface area contributed by atoms with Gasteiger partial charge in [0.15, 0.2) is 0 Å². The Balaban J connectivity index is 2.46. The zero-order valence-electron chi connectivity index (χ0n) is 16.7. The number of nitrogens with one attached hydrogen (secondary N) is 4. The van der Waals surface area contributed by atoms with E-state index in [9.17, 15) is 19.2 Å². The fraction of sp³-hybridized carbons (Fsp3) is 0.250. The molecule has 0 saturated heterocycles. The van der Waals surface area contributed by atoms with Crippen LogP contribution in [0, 0.1) is 12.3 Å². The lowest BCUT2D eigenvalue weighted by Gasteiger charge is -2.17. The van der Waals surface area contributed by atoms with Crippen molar-refractivity contribution in [3.8, 4) is 12.3 Å². The number of esters is 1. The summed E-state index contributed by atoms with van der Waals surface area (Å²) in [5.41, 5.74) is 0.589. The number of H-pyrrole nitrogens is 1. The summed E-state index contributed by atoms with van der Waals surface area (Å²) >= 11 is 0. The van der Waals surface area contributed by atoms with Gasteiger partial charge in [-0.25, -0.2) is 9.78 Å². The van der Waals surface area contributed by atoms with Crippen LogP contribution in [0.5, 0.6) is 0 Å². The van der Waals surface area contributed by atoms with Crippen LogP contribution < -0.4 is 16.0 Å². The Kier molecular flexibility index (Phi) is 7.30. The molecule has 0 fully saturated rings. The molecule has 0 saturated carbocycles. The number of rotatable bonds is 7. The number of hydrogen-bond acceptors (Lipinski definition) is 6. The molecule has 0 bridgehead atoms. The third-order valence-corrected chi connectivity index (χ3v) is 4.26. The van der Waals surface area contributed by atoms with Crippen molar-refractivity contribution >= 4 is 23.7 Å². The Labute approximate surface area is 172 Å². The van der Waals surface area contributed by atoms with Crippen LogP contribution in [0.25, 0.3) is 0 Å². The molecular weight excluding hydrogens is 390 g/mol. The van der Waals surface area contributed by atoms with Crippen molar-refractivity contribution in [3.63, 3.8) is 0 Å². The molecule has 3 amide bonds. The fourth-order valence-electron chi connectivity index (χ4n) is 2.75. The van der Waals surface area contributed by atoms with Crippen LogP contribution in [-0.4, -0.2) is 60.9 Å². The first-order valence-electron chi connectivity index (χ1n) is 8.81. The Morgan fingerprint density at radius 2 is 1.73 bits per heavy atom. The number of hydrogen-bond donors (Lipinski definition) is 4. The van der Waals surface area contributed by atoms with Gasteiger partial charge in [-0.3, -0.25) is 14.4 Å². The van der Waals surface area contributed by atoms with Crippen LogP contribution in [0.1, 0.15) is 42.3 Å². The molecule has 0 spiro atoms. The van der Waals surface area contributed by atoms with E-state index in [2.05, 4.69) is 31.8 Å². The summed E-state index contributed by atoms with van der Waals surface area (Å²) in [7, 11) is 3.99. The van der Waals surface area contributed by atoms with Gasteiger partial charge in [-0.05, 0) is 12.1 Å². The molecule has 0 radical (unpaired) electrons. The van der Waals surface area contributed by atoms with Crippen LogP contribution in [0.3, 0.4) is 0 Å². The molecular formula is C20H21N5O5. The molecule has 1 heterocycles. The maximum Gasteiger partial charge on any atom is 0.328 e. The molecule has 2 rings (SSSR count). The van der Waals surface area contributed by atoms with Gasteiger partial charge >= 0.3 is 5.97 Å². The van der Waals surface area contributed by atoms with E-state index in [0.717, 1.165) is 0 Å². The summed E-state index contributed by atoms with van der Waals surface area (Å²) in [4.78, 5) is 56.2. The van der Waals surface area contributed by atoms with Gasteiger partial charge in [-0.1, -0.05) is 5.92 Å². The normalized spacial score (nSPS) is 11.0. The highest BCUT2D eigenvalue weighted by Gasteiger charge is 2.26. The number of benzene rings is 1. The van der Waals surface area contributed by atoms with Crippen molar-refractivity contribution in [3.05, 3.63) is 52.6 Å². The Bertz CT molecular complexity index is 970. The first-order valence-corrected chi connectivity index (χ1v) is 8.81. The predicted octanol–water partition coefficient (Wildman–Crippen LogP) is -0.376. The van der Waals surface area contributed by atoms with Gasteiger partial charge in [0.05, 0.1) is 24.6 Å². The second-order valence-electron chi connectivity index (χ2n) is 6.08. The van der Waals surface area contributed by atoms with Crippen molar-refractivity contribution in [2.75, 3.05) is 21.2 Å². The summed E-state index contributed by atoms with van der Waals surface area (Å²) in [5.74, 6) is -0.171. The van der Waals surface area contributed by atoms with E-state index < -0.39 is 29.7 Å². The smallest absolute Gasteiger partial charge is 0.328 e. The average Bonchev–Trinajstić information content (AvgIpc) is 3.28. The third-order valence-electron chi connectivity index (χ3n) is 4.26. The Morgan fingerprint density at radius 1 is 1.13 bits per heavy atom. The Morgan fingerprint density at radius 3 is 2.17 bits per heavy atom. The SMILES string of the molecule is C#Cc1c(C(=O)NC)cc(C(=O)N[C@H](Cc2cnc[nH]2)C(=O)OC)cc1C(=O)NC. The van der Waals surface area contributed by atoms with E-state index in [1.807, 2.05) is 0 Å². The fourth-order valence-corrected chi connectivity index (χ4v) is 2.75. The highest BCUT2D eigenvalue weighted by molar-refractivity contribution is 6.07. The second-order valence-corrected chi connectivity index (χ2v) is 6.08. The number of carbonyl (C=O) groups excluding carboxylic acids is 4. The minimum absolute atomic E-state index is 0.0190. The zero-order chi connectivity index (χ0) is 22.3. The molecule has 1 aromatic heterocycles. The summed E-state index contributed by atoms with van der Waals surface area (Å²) in [5, 5.41) is 7.39.